The fourth-order valence-electron chi connectivity index (χ4n) is 3.15. The molecule has 0 saturated carbocycles. The summed E-state index contributed by atoms with van der Waals surface area (Å²) in [6.07, 6.45) is 1.08. The molecule has 2 aromatic rings. The Bertz CT molecular complexity index is 620. The summed E-state index contributed by atoms with van der Waals surface area (Å²) in [4.78, 5) is 2.48. The van der Waals surface area contributed by atoms with Crippen LogP contribution in [0.4, 0.5) is 0 Å². The Morgan fingerprint density at radius 1 is 1.08 bits per heavy atom. The van der Waals surface area contributed by atoms with Crippen molar-refractivity contribution in [3.8, 4) is 5.75 Å². The van der Waals surface area contributed by atoms with E-state index in [4.69, 9.17) is 10.5 Å². The van der Waals surface area contributed by atoms with E-state index in [0.29, 0.717) is 18.6 Å². The molecule has 0 aromatic heterocycles. The molecule has 2 atom stereocenters. The van der Waals surface area contributed by atoms with Crippen molar-refractivity contribution in [3.05, 3.63) is 65.7 Å². The van der Waals surface area contributed by atoms with Crippen molar-refractivity contribution < 1.29 is 4.74 Å². The molecule has 1 aliphatic rings. The average Bonchev–Trinajstić information content (AvgIpc) is 2.58. The van der Waals surface area contributed by atoms with Crippen LogP contribution >= 0.6 is 12.4 Å². The van der Waals surface area contributed by atoms with Crippen LogP contribution in [0.1, 0.15) is 24.5 Å². The van der Waals surface area contributed by atoms with Crippen LogP contribution in [-0.4, -0.2) is 24.0 Å². The van der Waals surface area contributed by atoms with Crippen molar-refractivity contribution in [3.63, 3.8) is 0 Å². The lowest BCUT2D eigenvalue weighted by atomic mass is 9.94. The van der Waals surface area contributed by atoms with Crippen molar-refractivity contribution >= 4 is 12.4 Å². The van der Waals surface area contributed by atoms with Crippen LogP contribution in [-0.2, 0) is 13.2 Å². The van der Waals surface area contributed by atoms with Crippen LogP contribution in [0.3, 0.4) is 0 Å². The number of likely N-dealkylation sites (tertiary alicyclic amines) is 1. The Morgan fingerprint density at radius 2 is 1.79 bits per heavy atom. The van der Waals surface area contributed by atoms with Gasteiger partial charge in [-0.1, -0.05) is 55.5 Å². The highest BCUT2D eigenvalue weighted by molar-refractivity contribution is 5.85. The Morgan fingerprint density at radius 3 is 2.54 bits per heavy atom. The van der Waals surface area contributed by atoms with E-state index in [0.717, 1.165) is 31.8 Å². The Labute approximate surface area is 151 Å². The summed E-state index contributed by atoms with van der Waals surface area (Å²) in [5, 5.41) is 0. The van der Waals surface area contributed by atoms with Gasteiger partial charge < -0.3 is 10.5 Å². The van der Waals surface area contributed by atoms with E-state index in [1.54, 1.807) is 0 Å². The van der Waals surface area contributed by atoms with Crippen molar-refractivity contribution in [1.29, 1.82) is 0 Å². The summed E-state index contributed by atoms with van der Waals surface area (Å²) >= 11 is 0. The highest BCUT2D eigenvalue weighted by Crippen LogP contribution is 2.24. The van der Waals surface area contributed by atoms with E-state index in [-0.39, 0.29) is 12.4 Å². The van der Waals surface area contributed by atoms with Gasteiger partial charge in [-0.25, -0.2) is 0 Å². The third-order valence-electron chi connectivity index (χ3n) is 4.66. The number of nitrogens with two attached hydrogens (primary N) is 1. The molecule has 24 heavy (non-hydrogen) atoms. The zero-order valence-corrected chi connectivity index (χ0v) is 15.0. The second-order valence-corrected chi connectivity index (χ2v) is 6.55. The lowest BCUT2D eigenvalue weighted by Crippen LogP contribution is -2.45. The molecule has 2 unspecified atom stereocenters. The van der Waals surface area contributed by atoms with Gasteiger partial charge in [0, 0.05) is 24.7 Å². The summed E-state index contributed by atoms with van der Waals surface area (Å²) < 4.78 is 6.06. The van der Waals surface area contributed by atoms with E-state index in [1.807, 2.05) is 24.3 Å². The highest BCUT2D eigenvalue weighted by Gasteiger charge is 2.23. The third-order valence-corrected chi connectivity index (χ3v) is 4.66. The van der Waals surface area contributed by atoms with Gasteiger partial charge in [-0.3, -0.25) is 4.90 Å². The van der Waals surface area contributed by atoms with Gasteiger partial charge in [-0.2, -0.15) is 0 Å². The van der Waals surface area contributed by atoms with Crippen molar-refractivity contribution in [2.75, 3.05) is 13.1 Å². The van der Waals surface area contributed by atoms with Crippen LogP contribution in [0.2, 0.25) is 0 Å². The quantitative estimate of drug-likeness (QED) is 0.893. The SMILES string of the molecule is CC1CN(Cc2ccccc2OCc2ccccc2)CCC1N.Cl. The van der Waals surface area contributed by atoms with Gasteiger partial charge in [0.1, 0.15) is 12.4 Å². The molecular formula is C20H27ClN2O. The van der Waals surface area contributed by atoms with Gasteiger partial charge in [-0.05, 0) is 30.5 Å². The van der Waals surface area contributed by atoms with Gasteiger partial charge in [0.15, 0.2) is 0 Å². The first-order valence-electron chi connectivity index (χ1n) is 8.45. The van der Waals surface area contributed by atoms with Crippen LogP contribution < -0.4 is 10.5 Å². The smallest absolute Gasteiger partial charge is 0.124 e. The maximum Gasteiger partial charge on any atom is 0.124 e. The fraction of sp³-hybridized carbons (Fsp3) is 0.400. The van der Waals surface area contributed by atoms with Gasteiger partial charge in [0.25, 0.3) is 0 Å². The largest absolute Gasteiger partial charge is 0.489 e. The zero-order valence-electron chi connectivity index (χ0n) is 14.2. The third kappa shape index (κ3) is 4.97. The number of ether oxygens (including phenoxy) is 1. The lowest BCUT2D eigenvalue weighted by molar-refractivity contribution is 0.155. The minimum atomic E-state index is 0. The van der Waals surface area contributed by atoms with Gasteiger partial charge in [0.05, 0.1) is 0 Å². The Hall–Kier alpha value is -1.55. The first kappa shape index (κ1) is 18.8. The molecule has 0 aliphatic carbocycles. The number of piperidine rings is 1. The molecule has 0 bridgehead atoms. The van der Waals surface area contributed by atoms with Gasteiger partial charge in [-0.15, -0.1) is 12.4 Å². The molecule has 1 heterocycles. The number of halogens is 1. The molecule has 3 nitrogen and oxygen atoms in total. The molecule has 1 aliphatic heterocycles. The van der Waals surface area contributed by atoms with E-state index in [2.05, 4.69) is 42.2 Å². The molecule has 4 heteroatoms. The first-order valence-corrected chi connectivity index (χ1v) is 8.45. The molecule has 3 rings (SSSR count). The van der Waals surface area contributed by atoms with Crippen LogP contribution in [0.15, 0.2) is 54.6 Å². The molecule has 2 aromatic carbocycles. The number of hydrogen-bond donors (Lipinski definition) is 1. The predicted molar refractivity (Wildman–Crippen MR) is 101 cm³/mol. The van der Waals surface area contributed by atoms with Gasteiger partial charge >= 0.3 is 0 Å². The molecule has 0 radical (unpaired) electrons. The number of benzene rings is 2. The standard InChI is InChI=1S/C20H26N2O.ClH/c1-16-13-22(12-11-19(16)21)14-18-9-5-6-10-20(18)23-15-17-7-3-2-4-8-17;/h2-10,16,19H,11-15,21H2,1H3;1H. The van der Waals surface area contributed by atoms with Crippen LogP contribution in [0.5, 0.6) is 5.75 Å². The maximum atomic E-state index is 6.12. The predicted octanol–water partition coefficient (Wildman–Crippen LogP) is 3.86. The molecule has 1 fully saturated rings. The summed E-state index contributed by atoms with van der Waals surface area (Å²) in [7, 11) is 0. The topological polar surface area (TPSA) is 38.5 Å². The first-order chi connectivity index (χ1) is 11.2. The van der Waals surface area contributed by atoms with E-state index in [9.17, 15) is 0 Å². The second kappa shape index (κ2) is 9.07. The maximum absolute atomic E-state index is 6.12. The molecule has 2 N–H and O–H groups in total. The lowest BCUT2D eigenvalue weighted by Gasteiger charge is -2.35. The zero-order chi connectivity index (χ0) is 16.1. The van der Waals surface area contributed by atoms with Crippen molar-refractivity contribution in [2.24, 2.45) is 11.7 Å². The molecule has 1 saturated heterocycles. The minimum absolute atomic E-state index is 0. The summed E-state index contributed by atoms with van der Waals surface area (Å²) in [5.41, 5.74) is 8.57. The number of nitrogens with zero attached hydrogens (tertiary/aromatic N) is 1. The fourth-order valence-corrected chi connectivity index (χ4v) is 3.15. The van der Waals surface area contributed by atoms with Crippen LogP contribution in [0.25, 0.3) is 0 Å². The average molecular weight is 347 g/mol. The number of para-hydroxylation sites is 1. The highest BCUT2D eigenvalue weighted by atomic mass is 35.5. The van der Waals surface area contributed by atoms with Crippen molar-refractivity contribution in [1.82, 2.24) is 4.90 Å². The van der Waals surface area contributed by atoms with E-state index in [1.165, 1.54) is 11.1 Å². The molecular weight excluding hydrogens is 320 g/mol. The molecule has 0 amide bonds. The summed E-state index contributed by atoms with van der Waals surface area (Å²) in [6, 6.07) is 19.0. The Balaban J connectivity index is 0.00000208. The van der Waals surface area contributed by atoms with E-state index >= 15 is 0 Å². The molecule has 130 valence electrons. The normalized spacial score (nSPS) is 21.1. The molecule has 0 spiro atoms. The summed E-state index contributed by atoms with van der Waals surface area (Å²) in [6.45, 7) is 5.92. The van der Waals surface area contributed by atoms with E-state index < -0.39 is 0 Å². The summed E-state index contributed by atoms with van der Waals surface area (Å²) in [5.74, 6) is 1.54. The van der Waals surface area contributed by atoms with Gasteiger partial charge in [0.2, 0.25) is 0 Å². The number of rotatable bonds is 5. The second-order valence-electron chi connectivity index (χ2n) is 6.55. The Kier molecular flexibility index (Phi) is 7.10. The minimum Gasteiger partial charge on any atom is -0.489 e. The number of hydrogen-bond acceptors (Lipinski definition) is 3. The van der Waals surface area contributed by atoms with Crippen LogP contribution in [0, 0.1) is 5.92 Å². The van der Waals surface area contributed by atoms with Crippen molar-refractivity contribution in [2.45, 2.75) is 32.5 Å². The monoisotopic (exact) mass is 346 g/mol.